The highest BCUT2D eigenvalue weighted by molar-refractivity contribution is 6.02. The van der Waals surface area contributed by atoms with Gasteiger partial charge in [-0.2, -0.15) is 0 Å². The molecule has 2 amide bonds. The molecule has 2 aromatic rings. The Morgan fingerprint density at radius 3 is 2.03 bits per heavy atom. The number of ketones is 1. The normalized spacial score (nSPS) is 22.1. The van der Waals surface area contributed by atoms with E-state index < -0.39 is 17.9 Å². The first kappa shape index (κ1) is 22.6. The third kappa shape index (κ3) is 4.77. The topological polar surface area (TPSA) is 101 Å². The number of amides is 2. The molecule has 7 nitrogen and oxygen atoms in total. The molecule has 7 heteroatoms. The largest absolute Gasteiger partial charge is 0.329 e. The van der Waals surface area contributed by atoms with Crippen molar-refractivity contribution in [1.82, 2.24) is 4.90 Å². The molecule has 3 atom stereocenters. The molecule has 1 saturated carbocycles. The van der Waals surface area contributed by atoms with Gasteiger partial charge in [-0.05, 0) is 62.1 Å². The van der Waals surface area contributed by atoms with Crippen LogP contribution >= 0.6 is 0 Å². The van der Waals surface area contributed by atoms with E-state index in [0.717, 1.165) is 25.4 Å². The average molecular weight is 447 g/mol. The lowest BCUT2D eigenvalue weighted by Crippen LogP contribution is -2.45. The quantitative estimate of drug-likeness (QED) is 0.656. The highest BCUT2D eigenvalue weighted by Crippen LogP contribution is 2.36. The Morgan fingerprint density at radius 1 is 0.788 bits per heavy atom. The predicted molar refractivity (Wildman–Crippen MR) is 122 cm³/mol. The predicted octanol–water partition coefficient (Wildman–Crippen LogP) is 3.54. The number of rotatable bonds is 7. The first-order valence-corrected chi connectivity index (χ1v) is 11.3. The van der Waals surface area contributed by atoms with Crippen molar-refractivity contribution >= 4 is 35.9 Å². The molecule has 0 bridgehead atoms. The van der Waals surface area contributed by atoms with Gasteiger partial charge in [0.2, 0.25) is 5.91 Å². The van der Waals surface area contributed by atoms with Crippen LogP contribution in [0.2, 0.25) is 0 Å². The summed E-state index contributed by atoms with van der Waals surface area (Å²) in [6.07, 6.45) is 4.83. The minimum atomic E-state index is -0.534. The summed E-state index contributed by atoms with van der Waals surface area (Å²) in [5, 5.41) is 2.87. The summed E-state index contributed by atoms with van der Waals surface area (Å²) >= 11 is 0. The lowest BCUT2D eigenvalue weighted by Gasteiger charge is -2.28. The molecule has 2 aromatic carbocycles. The van der Waals surface area contributed by atoms with Crippen LogP contribution in [0.4, 0.5) is 5.69 Å². The van der Waals surface area contributed by atoms with E-state index in [1.54, 1.807) is 53.4 Å². The molecule has 33 heavy (non-hydrogen) atoms. The molecular formula is C26H26N2O5. The molecule has 0 spiro atoms. The Kier molecular flexibility index (Phi) is 6.77. The lowest BCUT2D eigenvalue weighted by atomic mass is 9.86. The zero-order valence-electron chi connectivity index (χ0n) is 18.2. The van der Waals surface area contributed by atoms with Crippen LogP contribution in [0.1, 0.15) is 63.2 Å². The summed E-state index contributed by atoms with van der Waals surface area (Å²) in [4.78, 5) is 62.8. The number of carbonyl (C=O) groups excluding carboxylic acids is 5. The van der Waals surface area contributed by atoms with E-state index in [1.807, 2.05) is 0 Å². The van der Waals surface area contributed by atoms with Gasteiger partial charge < -0.3 is 10.2 Å². The first-order chi connectivity index (χ1) is 16.0. The number of carbonyl (C=O) groups is 5. The minimum Gasteiger partial charge on any atom is -0.329 e. The van der Waals surface area contributed by atoms with E-state index in [4.69, 9.17) is 0 Å². The summed E-state index contributed by atoms with van der Waals surface area (Å²) in [7, 11) is 0. The minimum absolute atomic E-state index is 0.0423. The van der Waals surface area contributed by atoms with E-state index in [0.29, 0.717) is 48.2 Å². The number of hydrogen-bond donors (Lipinski definition) is 1. The van der Waals surface area contributed by atoms with E-state index in [1.165, 1.54) is 0 Å². The smallest absolute Gasteiger partial charge is 0.254 e. The summed E-state index contributed by atoms with van der Waals surface area (Å²) in [6, 6.07) is 12.4. The third-order valence-corrected chi connectivity index (χ3v) is 6.67. The van der Waals surface area contributed by atoms with Gasteiger partial charge in [0.05, 0.1) is 6.04 Å². The van der Waals surface area contributed by atoms with Crippen molar-refractivity contribution in [2.45, 2.75) is 38.1 Å². The van der Waals surface area contributed by atoms with E-state index in [9.17, 15) is 24.0 Å². The molecule has 1 saturated heterocycles. The van der Waals surface area contributed by atoms with Crippen molar-refractivity contribution in [2.24, 2.45) is 11.8 Å². The maximum atomic E-state index is 13.5. The molecule has 2 fully saturated rings. The standard InChI is InChI=1S/C26H26N2O5/c29-15-17-6-10-19(11-7-17)26(33)28-14-2-5-23(28)24(31)21-3-1-4-22(21)25(32)27-20-12-8-18(16-30)9-13-20/h6-13,15-16,21-23H,1-5,14H2,(H,27,32)/t21?,22-,23-/m1/s1. The van der Waals surface area contributed by atoms with Gasteiger partial charge in [-0.25, -0.2) is 0 Å². The van der Waals surface area contributed by atoms with Gasteiger partial charge in [0, 0.05) is 40.8 Å². The summed E-state index contributed by atoms with van der Waals surface area (Å²) in [5.41, 5.74) is 2.04. The van der Waals surface area contributed by atoms with Crippen LogP contribution in [0.5, 0.6) is 0 Å². The fourth-order valence-corrected chi connectivity index (χ4v) is 4.92. The van der Waals surface area contributed by atoms with E-state index in [2.05, 4.69) is 5.32 Å². The van der Waals surface area contributed by atoms with Crippen molar-refractivity contribution in [3.8, 4) is 0 Å². The number of nitrogens with one attached hydrogen (secondary N) is 1. The molecule has 170 valence electrons. The maximum Gasteiger partial charge on any atom is 0.254 e. The maximum absolute atomic E-state index is 13.5. The zero-order chi connectivity index (χ0) is 23.4. The highest BCUT2D eigenvalue weighted by Gasteiger charge is 2.44. The van der Waals surface area contributed by atoms with Crippen molar-refractivity contribution in [3.05, 3.63) is 65.2 Å². The summed E-state index contributed by atoms with van der Waals surface area (Å²) in [6.45, 7) is 0.497. The van der Waals surface area contributed by atoms with Crippen LogP contribution in [0.25, 0.3) is 0 Å². The first-order valence-electron chi connectivity index (χ1n) is 11.3. The fourth-order valence-electron chi connectivity index (χ4n) is 4.92. The lowest BCUT2D eigenvalue weighted by molar-refractivity contribution is -0.132. The number of benzene rings is 2. The Hall–Kier alpha value is -3.61. The second kappa shape index (κ2) is 9.90. The number of nitrogens with zero attached hydrogens (tertiary/aromatic N) is 1. The Morgan fingerprint density at radius 2 is 1.39 bits per heavy atom. The second-order valence-electron chi connectivity index (χ2n) is 8.67. The molecule has 0 radical (unpaired) electrons. The monoisotopic (exact) mass is 446 g/mol. The van der Waals surface area contributed by atoms with Crippen molar-refractivity contribution in [1.29, 1.82) is 0 Å². The number of Topliss-reactive ketones (excluding diaryl/α,β-unsaturated/α-hetero) is 1. The van der Waals surface area contributed by atoms with Gasteiger partial charge in [-0.1, -0.05) is 18.6 Å². The van der Waals surface area contributed by atoms with E-state index >= 15 is 0 Å². The van der Waals surface area contributed by atoms with Gasteiger partial charge in [-0.3, -0.25) is 24.0 Å². The number of anilines is 1. The summed E-state index contributed by atoms with van der Waals surface area (Å²) in [5.74, 6) is -1.33. The van der Waals surface area contributed by atoms with E-state index in [-0.39, 0.29) is 17.6 Å². The van der Waals surface area contributed by atoms with Gasteiger partial charge in [0.1, 0.15) is 12.6 Å². The van der Waals surface area contributed by atoms with Gasteiger partial charge in [-0.15, -0.1) is 0 Å². The molecule has 1 heterocycles. The molecule has 1 unspecified atom stereocenters. The van der Waals surface area contributed by atoms with Crippen molar-refractivity contribution in [2.75, 3.05) is 11.9 Å². The average Bonchev–Trinajstić information content (AvgIpc) is 3.54. The molecule has 2 aliphatic rings. The van der Waals surface area contributed by atoms with Gasteiger partial charge >= 0.3 is 0 Å². The van der Waals surface area contributed by atoms with Crippen LogP contribution in [-0.2, 0) is 9.59 Å². The number of likely N-dealkylation sites (tertiary alicyclic amines) is 1. The molecular weight excluding hydrogens is 420 g/mol. The van der Waals surface area contributed by atoms with Crippen LogP contribution in [0.15, 0.2) is 48.5 Å². The van der Waals surface area contributed by atoms with Crippen molar-refractivity contribution < 1.29 is 24.0 Å². The SMILES string of the molecule is O=Cc1ccc(NC(=O)[C@@H]2CCCC2C(=O)[C@H]2CCCN2C(=O)c2ccc(C=O)cc2)cc1. The van der Waals surface area contributed by atoms with Crippen molar-refractivity contribution in [3.63, 3.8) is 0 Å². The van der Waals surface area contributed by atoms with Crippen LogP contribution in [0.3, 0.4) is 0 Å². The van der Waals surface area contributed by atoms with Crippen LogP contribution in [-0.4, -0.2) is 47.7 Å². The van der Waals surface area contributed by atoms with Crippen LogP contribution < -0.4 is 5.32 Å². The Balaban J connectivity index is 1.45. The van der Waals surface area contributed by atoms with Gasteiger partial charge in [0.15, 0.2) is 5.78 Å². The number of aldehydes is 2. The molecule has 1 N–H and O–H groups in total. The second-order valence-corrected chi connectivity index (χ2v) is 8.67. The molecule has 1 aliphatic carbocycles. The Bertz CT molecular complexity index is 1060. The Labute approximate surface area is 192 Å². The summed E-state index contributed by atoms with van der Waals surface area (Å²) < 4.78 is 0. The number of hydrogen-bond acceptors (Lipinski definition) is 5. The fraction of sp³-hybridized carbons (Fsp3) is 0.346. The molecule has 1 aliphatic heterocycles. The van der Waals surface area contributed by atoms with Gasteiger partial charge in [0.25, 0.3) is 5.91 Å². The highest BCUT2D eigenvalue weighted by atomic mass is 16.2. The molecule has 4 rings (SSSR count). The zero-order valence-corrected chi connectivity index (χ0v) is 18.2. The molecule has 0 aromatic heterocycles. The van der Waals surface area contributed by atoms with Crippen LogP contribution in [0, 0.1) is 11.8 Å². The third-order valence-electron chi connectivity index (χ3n) is 6.67.